The van der Waals surface area contributed by atoms with Gasteiger partial charge in [-0.3, -0.25) is 4.79 Å². The topological polar surface area (TPSA) is 37.3 Å². The molecule has 2 unspecified atom stereocenters. The van der Waals surface area contributed by atoms with Gasteiger partial charge in [-0.15, -0.1) is 9.24 Å². The van der Waals surface area contributed by atoms with Crippen LogP contribution in [0.1, 0.15) is 41.0 Å². The van der Waals surface area contributed by atoms with E-state index in [4.69, 9.17) is 5.11 Å². The van der Waals surface area contributed by atoms with Crippen molar-refractivity contribution in [2.24, 2.45) is 11.3 Å². The summed E-state index contributed by atoms with van der Waals surface area (Å²) in [7, 11) is 2.62. The van der Waals surface area contributed by atoms with Gasteiger partial charge in [0.1, 0.15) is 0 Å². The van der Waals surface area contributed by atoms with Crippen LogP contribution in [0.2, 0.25) is 0 Å². The molecule has 0 aliphatic carbocycles. The van der Waals surface area contributed by atoms with Crippen molar-refractivity contribution in [1.82, 2.24) is 0 Å². The molecule has 78 valence electrons. The number of carboxylic acid groups (broad SMARTS) is 1. The molecule has 0 amide bonds. The molecule has 0 aromatic heterocycles. The highest BCUT2D eigenvalue weighted by Crippen LogP contribution is 2.36. The van der Waals surface area contributed by atoms with Crippen molar-refractivity contribution >= 4 is 15.2 Å². The standard InChI is InChI=1S/C10H21O2P/c1-9(2,3)6-7(8(11)12)10(4,5)13/h7H,6,13H2,1-5H3,(H,11,12). The van der Waals surface area contributed by atoms with E-state index in [0.717, 1.165) is 0 Å². The van der Waals surface area contributed by atoms with Crippen LogP contribution in [0.3, 0.4) is 0 Å². The molecule has 0 fully saturated rings. The number of carboxylic acids is 1. The number of aliphatic carboxylic acids is 1. The third-order valence-corrected chi connectivity index (χ3v) is 2.42. The van der Waals surface area contributed by atoms with Gasteiger partial charge in [-0.25, -0.2) is 0 Å². The van der Waals surface area contributed by atoms with Crippen LogP contribution >= 0.6 is 9.24 Å². The summed E-state index contributed by atoms with van der Waals surface area (Å²) < 4.78 is 0. The molecule has 0 heterocycles. The first-order valence-corrected chi connectivity index (χ1v) is 5.13. The summed E-state index contributed by atoms with van der Waals surface area (Å²) in [5.74, 6) is -0.993. The summed E-state index contributed by atoms with van der Waals surface area (Å²) in [5, 5.41) is 8.82. The molecule has 0 aliphatic rings. The maximum atomic E-state index is 11.0. The van der Waals surface area contributed by atoms with Gasteiger partial charge < -0.3 is 5.11 Å². The minimum atomic E-state index is -0.699. The van der Waals surface area contributed by atoms with E-state index in [0.29, 0.717) is 6.42 Å². The molecule has 1 N–H and O–H groups in total. The van der Waals surface area contributed by atoms with Crippen LogP contribution in [-0.2, 0) is 4.79 Å². The van der Waals surface area contributed by atoms with Crippen molar-refractivity contribution in [3.05, 3.63) is 0 Å². The Labute approximate surface area is 83.3 Å². The lowest BCUT2D eigenvalue weighted by Gasteiger charge is -2.32. The van der Waals surface area contributed by atoms with Crippen LogP contribution in [0, 0.1) is 11.3 Å². The van der Waals surface area contributed by atoms with E-state index in [-0.39, 0.29) is 16.5 Å². The van der Waals surface area contributed by atoms with E-state index < -0.39 is 5.97 Å². The number of hydrogen-bond donors (Lipinski definition) is 1. The van der Waals surface area contributed by atoms with Crippen LogP contribution in [0.4, 0.5) is 0 Å². The molecule has 0 saturated carbocycles. The second-order valence-corrected chi connectivity index (χ2v) is 6.97. The number of rotatable bonds is 3. The molecule has 0 aromatic rings. The van der Waals surface area contributed by atoms with Crippen LogP contribution in [-0.4, -0.2) is 16.2 Å². The second kappa shape index (κ2) is 3.96. The van der Waals surface area contributed by atoms with Crippen LogP contribution in [0.5, 0.6) is 0 Å². The van der Waals surface area contributed by atoms with Crippen molar-refractivity contribution < 1.29 is 9.90 Å². The summed E-state index contributed by atoms with van der Waals surface area (Å²) >= 11 is 0. The van der Waals surface area contributed by atoms with Gasteiger partial charge in [-0.05, 0) is 17.0 Å². The maximum Gasteiger partial charge on any atom is 0.307 e. The summed E-state index contributed by atoms with van der Waals surface area (Å²) in [6.07, 6.45) is 0.707. The van der Waals surface area contributed by atoms with Crippen molar-refractivity contribution in [3.8, 4) is 0 Å². The Morgan fingerprint density at radius 3 is 1.77 bits per heavy atom. The van der Waals surface area contributed by atoms with E-state index in [9.17, 15) is 4.79 Å². The minimum absolute atomic E-state index is 0.0664. The fraction of sp³-hybridized carbons (Fsp3) is 0.900. The third kappa shape index (κ3) is 5.25. The van der Waals surface area contributed by atoms with E-state index in [1.807, 2.05) is 13.8 Å². The number of carbonyl (C=O) groups is 1. The quantitative estimate of drug-likeness (QED) is 0.718. The van der Waals surface area contributed by atoms with E-state index in [2.05, 4.69) is 30.0 Å². The average molecular weight is 204 g/mol. The van der Waals surface area contributed by atoms with Gasteiger partial charge in [-0.1, -0.05) is 34.6 Å². The molecular formula is C10H21O2P. The molecule has 0 saturated heterocycles. The molecule has 0 rings (SSSR count). The SMILES string of the molecule is CC(C)(C)CC(C(=O)O)C(C)(C)P. The zero-order valence-corrected chi connectivity index (χ0v) is 10.4. The molecule has 13 heavy (non-hydrogen) atoms. The average Bonchev–Trinajstić information content (AvgIpc) is 1.77. The van der Waals surface area contributed by atoms with Crippen LogP contribution in [0.25, 0.3) is 0 Å². The summed E-state index contributed by atoms with van der Waals surface area (Å²) in [5.41, 5.74) is 0.0664. The highest BCUT2D eigenvalue weighted by atomic mass is 31.0. The second-order valence-electron chi connectivity index (χ2n) is 5.48. The first-order valence-electron chi connectivity index (χ1n) is 4.56. The van der Waals surface area contributed by atoms with Gasteiger partial charge in [0.25, 0.3) is 0 Å². The van der Waals surface area contributed by atoms with Crippen molar-refractivity contribution in [3.63, 3.8) is 0 Å². The Balaban J connectivity index is 4.56. The Hall–Kier alpha value is -0.100. The zero-order valence-electron chi connectivity index (χ0n) is 9.22. The Morgan fingerprint density at radius 1 is 1.31 bits per heavy atom. The molecule has 2 atom stereocenters. The fourth-order valence-electron chi connectivity index (χ4n) is 1.28. The summed E-state index contributed by atoms with van der Waals surface area (Å²) in [6.45, 7) is 10.1. The molecule has 0 radical (unpaired) electrons. The maximum absolute atomic E-state index is 11.0. The summed E-state index contributed by atoms with van der Waals surface area (Å²) in [4.78, 5) is 11.0. The molecular weight excluding hydrogens is 183 g/mol. The highest BCUT2D eigenvalue weighted by molar-refractivity contribution is 7.19. The largest absolute Gasteiger partial charge is 0.481 e. The van der Waals surface area contributed by atoms with Gasteiger partial charge in [0.05, 0.1) is 5.92 Å². The Bertz CT molecular complexity index is 186. The molecule has 0 spiro atoms. The van der Waals surface area contributed by atoms with Crippen molar-refractivity contribution in [2.75, 3.05) is 0 Å². The molecule has 0 bridgehead atoms. The monoisotopic (exact) mass is 204 g/mol. The lowest BCUT2D eigenvalue weighted by atomic mass is 9.79. The minimum Gasteiger partial charge on any atom is -0.481 e. The van der Waals surface area contributed by atoms with Crippen molar-refractivity contribution in [2.45, 2.75) is 46.2 Å². The highest BCUT2D eigenvalue weighted by Gasteiger charge is 2.34. The predicted molar refractivity (Wildman–Crippen MR) is 59.0 cm³/mol. The Morgan fingerprint density at radius 2 is 1.69 bits per heavy atom. The number of hydrogen-bond acceptors (Lipinski definition) is 1. The molecule has 2 nitrogen and oxygen atoms in total. The van der Waals surface area contributed by atoms with Crippen molar-refractivity contribution in [1.29, 1.82) is 0 Å². The lowest BCUT2D eigenvalue weighted by molar-refractivity contribution is -0.143. The first-order chi connectivity index (χ1) is 5.54. The van der Waals surface area contributed by atoms with Crippen LogP contribution < -0.4 is 0 Å². The van der Waals surface area contributed by atoms with E-state index in [1.54, 1.807) is 0 Å². The van der Waals surface area contributed by atoms with E-state index >= 15 is 0 Å². The van der Waals surface area contributed by atoms with Gasteiger partial charge in [0, 0.05) is 0 Å². The molecule has 0 aromatic carbocycles. The van der Waals surface area contributed by atoms with Gasteiger partial charge >= 0.3 is 5.97 Å². The van der Waals surface area contributed by atoms with E-state index in [1.165, 1.54) is 0 Å². The summed E-state index contributed by atoms with van der Waals surface area (Å²) in [6, 6.07) is 0. The van der Waals surface area contributed by atoms with Gasteiger partial charge in [0.15, 0.2) is 0 Å². The van der Waals surface area contributed by atoms with Gasteiger partial charge in [0.2, 0.25) is 0 Å². The zero-order chi connectivity index (χ0) is 10.9. The van der Waals surface area contributed by atoms with Crippen LogP contribution in [0.15, 0.2) is 0 Å². The van der Waals surface area contributed by atoms with Gasteiger partial charge in [-0.2, -0.15) is 0 Å². The third-order valence-electron chi connectivity index (χ3n) is 2.01. The molecule has 3 heteroatoms. The lowest BCUT2D eigenvalue weighted by Crippen LogP contribution is -2.34. The normalized spacial score (nSPS) is 15.5. The smallest absolute Gasteiger partial charge is 0.307 e. The predicted octanol–water partition coefficient (Wildman–Crippen LogP) is 2.78. The molecule has 0 aliphatic heterocycles. The Kier molecular flexibility index (Phi) is 3.93. The fourth-order valence-corrected chi connectivity index (χ4v) is 1.54. The first kappa shape index (κ1) is 12.9.